The molecule has 152 valence electrons. The number of nitrogens with zero attached hydrogens (tertiary/aromatic N) is 3. The molecule has 1 aliphatic heterocycles. The number of morpholine rings is 1. The highest BCUT2D eigenvalue weighted by molar-refractivity contribution is 5.61. The van der Waals surface area contributed by atoms with E-state index in [0.29, 0.717) is 19.0 Å². The summed E-state index contributed by atoms with van der Waals surface area (Å²) in [6.45, 7) is 10.3. The van der Waals surface area contributed by atoms with E-state index in [4.69, 9.17) is 14.2 Å². The number of ether oxygens (including phenoxy) is 3. The molecule has 0 atom stereocenters. The summed E-state index contributed by atoms with van der Waals surface area (Å²) in [5.74, 6) is 0.708. The highest BCUT2D eigenvalue weighted by atomic mass is 16.7. The molecule has 3 rings (SSSR count). The highest BCUT2D eigenvalue weighted by Crippen LogP contribution is 2.28. The third kappa shape index (κ3) is 5.72. The zero-order valence-electron chi connectivity index (χ0n) is 16.8. The van der Waals surface area contributed by atoms with Crippen LogP contribution in [-0.2, 0) is 14.2 Å². The Morgan fingerprint density at radius 3 is 2.46 bits per heavy atom. The Balaban J connectivity index is 1.78. The van der Waals surface area contributed by atoms with E-state index in [2.05, 4.69) is 20.4 Å². The fraction of sp³-hybridized carbons (Fsp3) is 0.524. The average Bonchev–Trinajstić information content (AvgIpc) is 2.75. The molecule has 0 spiro atoms. The molecular weight excluding hydrogens is 356 g/mol. The van der Waals surface area contributed by atoms with Crippen molar-refractivity contribution >= 4 is 5.82 Å². The second-order valence-corrected chi connectivity index (χ2v) is 6.52. The van der Waals surface area contributed by atoms with Crippen LogP contribution in [0.3, 0.4) is 0 Å². The number of aromatic nitrogens is 2. The summed E-state index contributed by atoms with van der Waals surface area (Å²) in [7, 11) is 0. The Hall–Kier alpha value is -2.06. The molecule has 2 heterocycles. The summed E-state index contributed by atoms with van der Waals surface area (Å²) in [5, 5.41) is 12.3. The lowest BCUT2D eigenvalue weighted by atomic mass is 10.1. The molecule has 0 bridgehead atoms. The Labute approximate surface area is 167 Å². The lowest BCUT2D eigenvalue weighted by Crippen LogP contribution is -2.39. The van der Waals surface area contributed by atoms with E-state index < -0.39 is 6.29 Å². The van der Waals surface area contributed by atoms with E-state index in [1.807, 2.05) is 50.2 Å². The summed E-state index contributed by atoms with van der Waals surface area (Å²) in [6.07, 6.45) is -0.473. The largest absolute Gasteiger partial charge is 0.379 e. The predicted octanol–water partition coefficient (Wildman–Crippen LogP) is 2.96. The third-order valence-corrected chi connectivity index (χ3v) is 4.61. The SMILES string of the molecule is CCOC(OCC)c1cc(-c2ccccc2)nnc1NCCN1CCOCC1. The van der Waals surface area contributed by atoms with Gasteiger partial charge in [0.1, 0.15) is 0 Å². The molecule has 1 aromatic carbocycles. The van der Waals surface area contributed by atoms with Gasteiger partial charge in [-0.2, -0.15) is 0 Å². The molecule has 7 heteroatoms. The monoisotopic (exact) mass is 386 g/mol. The molecule has 28 heavy (non-hydrogen) atoms. The first-order chi connectivity index (χ1) is 13.8. The number of benzene rings is 1. The smallest absolute Gasteiger partial charge is 0.187 e. The number of hydrogen-bond donors (Lipinski definition) is 1. The normalized spacial score (nSPS) is 15.1. The van der Waals surface area contributed by atoms with Gasteiger partial charge in [0.15, 0.2) is 12.1 Å². The van der Waals surface area contributed by atoms with E-state index >= 15 is 0 Å². The first-order valence-electron chi connectivity index (χ1n) is 10.0. The van der Waals surface area contributed by atoms with Crippen molar-refractivity contribution in [3.63, 3.8) is 0 Å². The Morgan fingerprint density at radius 1 is 1.07 bits per heavy atom. The van der Waals surface area contributed by atoms with Gasteiger partial charge in [0, 0.05) is 45.0 Å². The van der Waals surface area contributed by atoms with Gasteiger partial charge < -0.3 is 19.5 Å². The van der Waals surface area contributed by atoms with Gasteiger partial charge >= 0.3 is 0 Å². The molecule has 0 saturated carbocycles. The van der Waals surface area contributed by atoms with E-state index in [1.165, 1.54) is 0 Å². The van der Waals surface area contributed by atoms with Crippen LogP contribution in [0.1, 0.15) is 25.7 Å². The fourth-order valence-electron chi connectivity index (χ4n) is 3.16. The van der Waals surface area contributed by atoms with Crippen molar-refractivity contribution in [2.45, 2.75) is 20.1 Å². The number of nitrogens with one attached hydrogen (secondary N) is 1. The number of hydrogen-bond acceptors (Lipinski definition) is 7. The molecule has 1 saturated heterocycles. The third-order valence-electron chi connectivity index (χ3n) is 4.61. The van der Waals surface area contributed by atoms with Crippen LogP contribution in [0.4, 0.5) is 5.82 Å². The first-order valence-corrected chi connectivity index (χ1v) is 10.0. The van der Waals surface area contributed by atoms with Gasteiger partial charge in [-0.15, -0.1) is 10.2 Å². The van der Waals surface area contributed by atoms with Gasteiger partial charge in [0.05, 0.1) is 24.5 Å². The Kier molecular flexibility index (Phi) is 8.17. The molecule has 7 nitrogen and oxygen atoms in total. The molecule has 1 aliphatic rings. The molecule has 0 aliphatic carbocycles. The van der Waals surface area contributed by atoms with Crippen molar-refractivity contribution < 1.29 is 14.2 Å². The van der Waals surface area contributed by atoms with Gasteiger partial charge in [-0.1, -0.05) is 30.3 Å². The van der Waals surface area contributed by atoms with Crippen LogP contribution in [0.5, 0.6) is 0 Å². The first kappa shape index (κ1) is 20.7. The van der Waals surface area contributed by atoms with Crippen LogP contribution in [0.25, 0.3) is 11.3 Å². The lowest BCUT2D eigenvalue weighted by molar-refractivity contribution is -0.140. The van der Waals surface area contributed by atoms with Gasteiger partial charge in [-0.05, 0) is 19.9 Å². The quantitative estimate of drug-likeness (QED) is 0.630. The van der Waals surface area contributed by atoms with Crippen LogP contribution in [0, 0.1) is 0 Å². The summed E-state index contributed by atoms with van der Waals surface area (Å²) >= 11 is 0. The van der Waals surface area contributed by atoms with E-state index in [0.717, 1.165) is 56.2 Å². The number of anilines is 1. The minimum absolute atomic E-state index is 0.473. The maximum Gasteiger partial charge on any atom is 0.187 e. The van der Waals surface area contributed by atoms with Crippen LogP contribution in [0.15, 0.2) is 36.4 Å². The summed E-state index contributed by atoms with van der Waals surface area (Å²) in [4.78, 5) is 2.38. The van der Waals surface area contributed by atoms with Gasteiger partial charge in [0.25, 0.3) is 0 Å². The van der Waals surface area contributed by atoms with Crippen LogP contribution < -0.4 is 5.32 Å². The van der Waals surface area contributed by atoms with Gasteiger partial charge in [0.2, 0.25) is 0 Å². The Morgan fingerprint density at radius 2 is 1.79 bits per heavy atom. The lowest BCUT2D eigenvalue weighted by Gasteiger charge is -2.27. The van der Waals surface area contributed by atoms with Gasteiger partial charge in [-0.25, -0.2) is 0 Å². The van der Waals surface area contributed by atoms with Crippen molar-refractivity contribution in [1.82, 2.24) is 15.1 Å². The predicted molar refractivity (Wildman–Crippen MR) is 109 cm³/mol. The second kappa shape index (κ2) is 11.1. The van der Waals surface area contributed by atoms with Crippen molar-refractivity contribution in [2.24, 2.45) is 0 Å². The number of rotatable bonds is 10. The molecule has 0 unspecified atom stereocenters. The summed E-state index contributed by atoms with van der Waals surface area (Å²) in [6, 6.07) is 12.0. The standard InChI is InChI=1S/C21H30N4O3/c1-3-27-21(28-4-2)18-16-19(17-8-6-5-7-9-17)23-24-20(18)22-10-11-25-12-14-26-15-13-25/h5-9,16,21H,3-4,10-15H2,1-2H3,(H,22,24). The van der Waals surface area contributed by atoms with Crippen molar-refractivity contribution in [3.05, 3.63) is 42.0 Å². The molecular formula is C21H30N4O3. The van der Waals surface area contributed by atoms with Crippen LogP contribution in [-0.4, -0.2) is 67.7 Å². The zero-order valence-corrected chi connectivity index (χ0v) is 16.8. The molecule has 1 aromatic heterocycles. The summed E-state index contributed by atoms with van der Waals surface area (Å²) in [5.41, 5.74) is 2.70. The zero-order chi connectivity index (χ0) is 19.6. The van der Waals surface area contributed by atoms with E-state index in [1.54, 1.807) is 0 Å². The van der Waals surface area contributed by atoms with Gasteiger partial charge in [-0.3, -0.25) is 4.90 Å². The average molecular weight is 386 g/mol. The maximum absolute atomic E-state index is 5.84. The minimum Gasteiger partial charge on any atom is -0.379 e. The van der Waals surface area contributed by atoms with E-state index in [9.17, 15) is 0 Å². The highest BCUT2D eigenvalue weighted by Gasteiger charge is 2.20. The minimum atomic E-state index is -0.473. The van der Waals surface area contributed by atoms with Crippen molar-refractivity contribution in [3.8, 4) is 11.3 Å². The molecule has 0 amide bonds. The molecule has 1 fully saturated rings. The van der Waals surface area contributed by atoms with Crippen LogP contribution in [0.2, 0.25) is 0 Å². The molecule has 0 radical (unpaired) electrons. The van der Waals surface area contributed by atoms with Crippen LogP contribution >= 0.6 is 0 Å². The van der Waals surface area contributed by atoms with Crippen molar-refractivity contribution in [1.29, 1.82) is 0 Å². The fourth-order valence-corrected chi connectivity index (χ4v) is 3.16. The molecule has 1 N–H and O–H groups in total. The van der Waals surface area contributed by atoms with Crippen molar-refractivity contribution in [2.75, 3.05) is 57.9 Å². The van der Waals surface area contributed by atoms with E-state index in [-0.39, 0.29) is 0 Å². The maximum atomic E-state index is 5.84. The topological polar surface area (TPSA) is 68.7 Å². The molecule has 2 aromatic rings. The second-order valence-electron chi connectivity index (χ2n) is 6.52. The Bertz CT molecular complexity index is 702. The summed E-state index contributed by atoms with van der Waals surface area (Å²) < 4.78 is 17.1.